The first kappa shape index (κ1) is 13.5. The minimum absolute atomic E-state index is 0.0728. The van der Waals surface area contributed by atoms with Gasteiger partial charge in [0, 0.05) is 17.9 Å². The van der Waals surface area contributed by atoms with E-state index in [1.807, 2.05) is 24.6 Å². The Hall–Kier alpha value is -1.98. The summed E-state index contributed by atoms with van der Waals surface area (Å²) in [6, 6.07) is 2.03. The number of hydrogen-bond donors (Lipinski definition) is 1. The van der Waals surface area contributed by atoms with Gasteiger partial charge in [0.2, 0.25) is 5.95 Å². The number of aromatic nitrogens is 5. The normalized spacial score (nSPS) is 12.4. The van der Waals surface area contributed by atoms with Gasteiger partial charge in [-0.3, -0.25) is 0 Å². The Bertz CT molecular complexity index is 528. The summed E-state index contributed by atoms with van der Waals surface area (Å²) in [4.78, 5) is 13.1. The van der Waals surface area contributed by atoms with E-state index in [1.54, 1.807) is 6.33 Å². The molecule has 2 rings (SSSR count). The Balaban J connectivity index is 2.24. The first-order valence-electron chi connectivity index (χ1n) is 6.60. The van der Waals surface area contributed by atoms with Crippen LogP contribution in [0.5, 0.6) is 0 Å². The molecular formula is C13H20N6. The molecule has 1 atom stereocenters. The molecule has 0 saturated carbocycles. The molecule has 2 aromatic rings. The van der Waals surface area contributed by atoms with Crippen molar-refractivity contribution in [2.45, 2.75) is 46.7 Å². The summed E-state index contributed by atoms with van der Waals surface area (Å²) < 4.78 is 1.89. The van der Waals surface area contributed by atoms with Crippen LogP contribution in [0.3, 0.4) is 0 Å². The second-order valence-electron chi connectivity index (χ2n) is 4.51. The van der Waals surface area contributed by atoms with E-state index in [4.69, 9.17) is 0 Å². The van der Waals surface area contributed by atoms with Gasteiger partial charge in [0.05, 0.1) is 6.04 Å². The Morgan fingerprint density at radius 1 is 1.21 bits per heavy atom. The number of rotatable bonds is 5. The highest BCUT2D eigenvalue weighted by Crippen LogP contribution is 2.18. The molecule has 0 aliphatic carbocycles. The van der Waals surface area contributed by atoms with Crippen LogP contribution < -0.4 is 5.32 Å². The van der Waals surface area contributed by atoms with Gasteiger partial charge in [-0.2, -0.15) is 5.10 Å². The molecule has 102 valence electrons. The van der Waals surface area contributed by atoms with Crippen molar-refractivity contribution in [1.29, 1.82) is 0 Å². The van der Waals surface area contributed by atoms with E-state index < -0.39 is 0 Å². The number of anilines is 1. The fourth-order valence-electron chi connectivity index (χ4n) is 2.08. The third-order valence-corrected chi connectivity index (χ3v) is 2.95. The molecule has 1 unspecified atom stereocenters. The standard InChI is InChI=1S/C13H20N6/c1-5-11(12-14-8-15-19(12)6-2)18-13-16-9(3)7-10(4)17-13/h7-8,11H,5-6H2,1-4H3,(H,16,17,18). The molecule has 0 fully saturated rings. The van der Waals surface area contributed by atoms with Crippen LogP contribution in [0.1, 0.15) is 43.5 Å². The minimum Gasteiger partial charge on any atom is -0.344 e. The largest absolute Gasteiger partial charge is 0.344 e. The van der Waals surface area contributed by atoms with Crippen LogP contribution >= 0.6 is 0 Å². The van der Waals surface area contributed by atoms with Gasteiger partial charge in [-0.15, -0.1) is 0 Å². The van der Waals surface area contributed by atoms with Crippen LogP contribution in [-0.2, 0) is 6.54 Å². The molecule has 19 heavy (non-hydrogen) atoms. The summed E-state index contributed by atoms with van der Waals surface area (Å²) in [7, 11) is 0. The zero-order valence-electron chi connectivity index (χ0n) is 11.9. The number of nitrogens with zero attached hydrogens (tertiary/aromatic N) is 5. The molecule has 0 aliphatic rings. The molecule has 6 heteroatoms. The van der Waals surface area contributed by atoms with Crippen LogP contribution in [0, 0.1) is 13.8 Å². The maximum atomic E-state index is 4.41. The first-order valence-corrected chi connectivity index (χ1v) is 6.60. The van der Waals surface area contributed by atoms with Gasteiger partial charge in [0.1, 0.15) is 12.2 Å². The van der Waals surface area contributed by atoms with Crippen LogP contribution in [0.4, 0.5) is 5.95 Å². The van der Waals surface area contributed by atoms with Crippen molar-refractivity contribution in [3.05, 3.63) is 29.6 Å². The molecule has 0 aliphatic heterocycles. The summed E-state index contributed by atoms with van der Waals surface area (Å²) in [5.41, 5.74) is 1.92. The molecule has 0 radical (unpaired) electrons. The van der Waals surface area contributed by atoms with Crippen LogP contribution in [-0.4, -0.2) is 24.7 Å². The fraction of sp³-hybridized carbons (Fsp3) is 0.538. The van der Waals surface area contributed by atoms with Crippen molar-refractivity contribution in [2.24, 2.45) is 0 Å². The molecule has 0 saturated heterocycles. The predicted molar refractivity (Wildman–Crippen MR) is 73.9 cm³/mol. The molecular weight excluding hydrogens is 240 g/mol. The zero-order valence-corrected chi connectivity index (χ0v) is 11.9. The molecule has 2 heterocycles. The second-order valence-corrected chi connectivity index (χ2v) is 4.51. The van der Waals surface area contributed by atoms with E-state index in [1.165, 1.54) is 0 Å². The van der Waals surface area contributed by atoms with Crippen molar-refractivity contribution in [3.63, 3.8) is 0 Å². The Kier molecular flexibility index (Phi) is 4.09. The maximum absolute atomic E-state index is 4.41. The Labute approximate surface area is 113 Å². The molecule has 1 N–H and O–H groups in total. The quantitative estimate of drug-likeness (QED) is 0.893. The zero-order chi connectivity index (χ0) is 13.8. The average Bonchev–Trinajstić information content (AvgIpc) is 2.82. The van der Waals surface area contributed by atoms with Gasteiger partial charge < -0.3 is 5.32 Å². The lowest BCUT2D eigenvalue weighted by atomic mass is 10.2. The van der Waals surface area contributed by atoms with Crippen molar-refractivity contribution in [1.82, 2.24) is 24.7 Å². The molecule has 6 nitrogen and oxygen atoms in total. The lowest BCUT2D eigenvalue weighted by molar-refractivity contribution is 0.566. The highest BCUT2D eigenvalue weighted by atomic mass is 15.3. The average molecular weight is 260 g/mol. The van der Waals surface area contributed by atoms with Gasteiger partial charge in [-0.1, -0.05) is 6.92 Å². The monoisotopic (exact) mass is 260 g/mol. The molecule has 2 aromatic heterocycles. The van der Waals surface area contributed by atoms with E-state index in [0.29, 0.717) is 5.95 Å². The summed E-state index contributed by atoms with van der Waals surface area (Å²) in [5, 5.41) is 7.55. The lowest BCUT2D eigenvalue weighted by Gasteiger charge is -2.17. The molecule has 0 bridgehead atoms. The summed E-state index contributed by atoms with van der Waals surface area (Å²) in [6.45, 7) is 8.90. The predicted octanol–water partition coefficient (Wildman–Crippen LogP) is 2.27. The van der Waals surface area contributed by atoms with Gasteiger partial charge in [0.25, 0.3) is 0 Å². The van der Waals surface area contributed by atoms with E-state index in [2.05, 4.69) is 39.2 Å². The van der Waals surface area contributed by atoms with Gasteiger partial charge >= 0.3 is 0 Å². The van der Waals surface area contributed by atoms with Crippen LogP contribution in [0.15, 0.2) is 12.4 Å². The first-order chi connectivity index (χ1) is 9.13. The van der Waals surface area contributed by atoms with Crippen LogP contribution in [0.25, 0.3) is 0 Å². The van der Waals surface area contributed by atoms with Crippen molar-refractivity contribution >= 4 is 5.95 Å². The van der Waals surface area contributed by atoms with Crippen molar-refractivity contribution < 1.29 is 0 Å². The SMILES string of the molecule is CCC(Nc1nc(C)cc(C)n1)c1ncnn1CC. The topological polar surface area (TPSA) is 68.5 Å². The van der Waals surface area contributed by atoms with Crippen molar-refractivity contribution in [2.75, 3.05) is 5.32 Å². The number of hydrogen-bond acceptors (Lipinski definition) is 5. The fourth-order valence-corrected chi connectivity index (χ4v) is 2.08. The minimum atomic E-state index is 0.0728. The highest BCUT2D eigenvalue weighted by molar-refractivity contribution is 5.30. The summed E-state index contributed by atoms with van der Waals surface area (Å²) >= 11 is 0. The van der Waals surface area contributed by atoms with E-state index in [9.17, 15) is 0 Å². The maximum Gasteiger partial charge on any atom is 0.223 e. The van der Waals surface area contributed by atoms with E-state index in [0.717, 1.165) is 30.2 Å². The molecule has 0 aromatic carbocycles. The number of nitrogens with one attached hydrogen (secondary N) is 1. The molecule has 0 amide bonds. The number of aryl methyl sites for hydroxylation is 3. The Morgan fingerprint density at radius 3 is 2.47 bits per heavy atom. The smallest absolute Gasteiger partial charge is 0.223 e. The van der Waals surface area contributed by atoms with Crippen molar-refractivity contribution in [3.8, 4) is 0 Å². The summed E-state index contributed by atoms with van der Waals surface area (Å²) in [5.74, 6) is 1.57. The van der Waals surface area contributed by atoms with Gasteiger partial charge in [-0.05, 0) is 33.3 Å². The highest BCUT2D eigenvalue weighted by Gasteiger charge is 2.16. The van der Waals surface area contributed by atoms with Gasteiger partial charge in [-0.25, -0.2) is 19.6 Å². The molecule has 0 spiro atoms. The lowest BCUT2D eigenvalue weighted by Crippen LogP contribution is -2.18. The van der Waals surface area contributed by atoms with Crippen LogP contribution in [0.2, 0.25) is 0 Å². The van der Waals surface area contributed by atoms with Gasteiger partial charge in [0.15, 0.2) is 0 Å². The summed E-state index contributed by atoms with van der Waals surface area (Å²) in [6.07, 6.45) is 2.49. The Morgan fingerprint density at radius 2 is 1.89 bits per heavy atom. The third kappa shape index (κ3) is 3.07. The van der Waals surface area contributed by atoms with E-state index in [-0.39, 0.29) is 6.04 Å². The van der Waals surface area contributed by atoms with E-state index >= 15 is 0 Å². The third-order valence-electron chi connectivity index (χ3n) is 2.95. The second kappa shape index (κ2) is 5.77.